The molecule has 1 aromatic heterocycles. The Kier molecular flexibility index (Phi) is 7.21. The molecule has 156 valence electrons. The third-order valence-electron chi connectivity index (χ3n) is 4.87. The van der Waals surface area contributed by atoms with E-state index in [0.29, 0.717) is 24.5 Å². The monoisotopic (exact) mass is 404 g/mol. The van der Waals surface area contributed by atoms with E-state index in [1.165, 1.54) is 0 Å². The number of nitrogens with one attached hydrogen (secondary N) is 4. The maximum atomic E-state index is 12.7. The van der Waals surface area contributed by atoms with Crippen molar-refractivity contribution in [3.05, 3.63) is 89.0 Å². The van der Waals surface area contributed by atoms with Gasteiger partial charge in [0.2, 0.25) is 0 Å². The van der Waals surface area contributed by atoms with E-state index in [4.69, 9.17) is 16.1 Å². The third kappa shape index (κ3) is 5.47. The van der Waals surface area contributed by atoms with Gasteiger partial charge in [0.05, 0.1) is 11.6 Å². The molecule has 3 aromatic rings. The summed E-state index contributed by atoms with van der Waals surface area (Å²) >= 11 is 0. The minimum absolute atomic E-state index is 0.0361. The van der Waals surface area contributed by atoms with Crippen LogP contribution in [0.3, 0.4) is 0 Å². The number of aromatic nitrogens is 2. The minimum Gasteiger partial charge on any atom is -0.370 e. The first-order valence-corrected chi connectivity index (χ1v) is 10.1. The molecule has 1 amide bonds. The average molecular weight is 405 g/mol. The minimum atomic E-state index is -0.161. The number of nitrogens with two attached hydrogens (primary N) is 1. The van der Waals surface area contributed by atoms with Crippen molar-refractivity contribution in [3.63, 3.8) is 0 Å². The maximum Gasteiger partial charge on any atom is 0.269 e. The quantitative estimate of drug-likeness (QED) is 0.214. The fraction of sp³-hybridized carbons (Fsp3) is 0.261. The first-order chi connectivity index (χ1) is 14.6. The van der Waals surface area contributed by atoms with Gasteiger partial charge in [0.15, 0.2) is 5.96 Å². The van der Waals surface area contributed by atoms with Crippen molar-refractivity contribution in [1.82, 2.24) is 20.6 Å². The molecule has 1 heterocycles. The Morgan fingerprint density at radius 3 is 2.07 bits per heavy atom. The number of amides is 1. The summed E-state index contributed by atoms with van der Waals surface area (Å²) in [5.41, 5.74) is 8.64. The number of imidazole rings is 1. The second-order valence-electron chi connectivity index (χ2n) is 7.14. The van der Waals surface area contributed by atoms with Gasteiger partial charge in [-0.15, -0.1) is 0 Å². The Labute approximate surface area is 176 Å². The second kappa shape index (κ2) is 10.2. The highest BCUT2D eigenvalue weighted by atomic mass is 16.1. The molecule has 6 N–H and O–H groups in total. The molecule has 2 aromatic carbocycles. The molecule has 7 heteroatoms. The lowest BCUT2D eigenvalue weighted by atomic mass is 9.91. The van der Waals surface area contributed by atoms with E-state index in [0.717, 1.165) is 29.8 Å². The lowest BCUT2D eigenvalue weighted by molar-refractivity contribution is 0.0947. The average Bonchev–Trinajstić information content (AvgIpc) is 3.13. The zero-order chi connectivity index (χ0) is 21.3. The summed E-state index contributed by atoms with van der Waals surface area (Å²) in [6, 6.07) is 20.3. The summed E-state index contributed by atoms with van der Waals surface area (Å²) in [5, 5.41) is 12.8. The Hall–Kier alpha value is -3.61. The van der Waals surface area contributed by atoms with E-state index >= 15 is 0 Å². The summed E-state index contributed by atoms with van der Waals surface area (Å²) in [7, 11) is 0. The molecule has 0 aliphatic carbocycles. The number of guanidine groups is 1. The molecule has 0 spiro atoms. The first kappa shape index (κ1) is 21.1. The van der Waals surface area contributed by atoms with Crippen LogP contribution in [0.5, 0.6) is 0 Å². The molecule has 0 saturated carbocycles. The summed E-state index contributed by atoms with van der Waals surface area (Å²) in [6.07, 6.45) is 1.61. The molecular formula is C23H28N6O. The zero-order valence-corrected chi connectivity index (χ0v) is 17.1. The van der Waals surface area contributed by atoms with Crippen LogP contribution in [-0.4, -0.2) is 34.9 Å². The van der Waals surface area contributed by atoms with E-state index < -0.39 is 0 Å². The van der Waals surface area contributed by atoms with Gasteiger partial charge in [0, 0.05) is 13.1 Å². The molecule has 0 unspecified atom stereocenters. The van der Waals surface area contributed by atoms with E-state index in [9.17, 15) is 4.79 Å². The van der Waals surface area contributed by atoms with Crippen molar-refractivity contribution in [2.75, 3.05) is 13.1 Å². The van der Waals surface area contributed by atoms with Gasteiger partial charge in [-0.3, -0.25) is 10.2 Å². The zero-order valence-electron chi connectivity index (χ0n) is 17.1. The van der Waals surface area contributed by atoms with Gasteiger partial charge in [-0.1, -0.05) is 60.7 Å². The predicted molar refractivity (Wildman–Crippen MR) is 119 cm³/mol. The molecule has 3 rings (SSSR count). The predicted octanol–water partition coefficient (Wildman–Crippen LogP) is 2.89. The smallest absolute Gasteiger partial charge is 0.269 e. The topological polar surface area (TPSA) is 120 Å². The number of rotatable bonds is 9. The van der Waals surface area contributed by atoms with Crippen LogP contribution in [0, 0.1) is 12.3 Å². The fourth-order valence-corrected chi connectivity index (χ4v) is 3.40. The van der Waals surface area contributed by atoms with Gasteiger partial charge in [-0.05, 0) is 30.9 Å². The molecule has 30 heavy (non-hydrogen) atoms. The molecule has 0 aliphatic heterocycles. The highest BCUT2D eigenvalue weighted by Crippen LogP contribution is 2.30. The number of carbonyl (C=O) groups excluding carboxylic acids is 1. The lowest BCUT2D eigenvalue weighted by Crippen LogP contribution is -2.31. The van der Waals surface area contributed by atoms with Crippen LogP contribution in [-0.2, 0) is 0 Å². The highest BCUT2D eigenvalue weighted by Gasteiger charge is 2.23. The van der Waals surface area contributed by atoms with Gasteiger partial charge in [-0.25, -0.2) is 4.98 Å². The largest absolute Gasteiger partial charge is 0.370 e. The standard InChI is InChI=1S/C23H28N6O/c1-16-20(22(30)26-14-8-9-15-27-23(24)25)29-21(28-16)19(17-10-4-2-5-11-17)18-12-6-3-7-13-18/h2-7,10-13,19H,8-9,14-15H2,1H3,(H,26,30)(H,28,29)(H4,24,25,27). The van der Waals surface area contributed by atoms with Crippen molar-refractivity contribution >= 4 is 11.9 Å². The van der Waals surface area contributed by atoms with E-state index in [1.54, 1.807) is 0 Å². The molecule has 0 radical (unpaired) electrons. The molecule has 0 fully saturated rings. The summed E-state index contributed by atoms with van der Waals surface area (Å²) in [5.74, 6) is 0.475. The van der Waals surface area contributed by atoms with Crippen LogP contribution in [0.25, 0.3) is 0 Å². The molecule has 0 atom stereocenters. The van der Waals surface area contributed by atoms with Crippen LogP contribution in [0.2, 0.25) is 0 Å². The highest BCUT2D eigenvalue weighted by molar-refractivity contribution is 5.93. The van der Waals surface area contributed by atoms with Crippen LogP contribution < -0.4 is 16.4 Å². The summed E-state index contributed by atoms with van der Waals surface area (Å²) in [6.45, 7) is 3.01. The number of unbranched alkanes of at least 4 members (excludes halogenated alkanes) is 1. The van der Waals surface area contributed by atoms with Gasteiger partial charge in [0.1, 0.15) is 11.5 Å². The number of hydrogen-bond donors (Lipinski definition) is 5. The van der Waals surface area contributed by atoms with Gasteiger partial charge >= 0.3 is 0 Å². The number of hydrogen-bond acceptors (Lipinski definition) is 3. The van der Waals surface area contributed by atoms with Crippen LogP contribution in [0.15, 0.2) is 60.7 Å². The van der Waals surface area contributed by atoms with E-state index in [-0.39, 0.29) is 17.8 Å². The van der Waals surface area contributed by atoms with Crippen LogP contribution in [0.1, 0.15) is 51.9 Å². The number of aromatic amines is 1. The SMILES string of the molecule is Cc1nc(C(c2ccccc2)c2ccccc2)[nH]c1C(=O)NCCCCNC(=N)N. The Balaban J connectivity index is 1.73. The summed E-state index contributed by atoms with van der Waals surface area (Å²) < 4.78 is 0. The van der Waals surface area contributed by atoms with E-state index in [1.807, 2.05) is 43.3 Å². The second-order valence-corrected chi connectivity index (χ2v) is 7.14. The van der Waals surface area contributed by atoms with Crippen LogP contribution in [0.4, 0.5) is 0 Å². The normalized spacial score (nSPS) is 10.7. The first-order valence-electron chi connectivity index (χ1n) is 10.1. The fourth-order valence-electron chi connectivity index (χ4n) is 3.40. The molecule has 7 nitrogen and oxygen atoms in total. The number of nitrogens with zero attached hydrogens (tertiary/aromatic N) is 1. The van der Waals surface area contributed by atoms with Gasteiger partial charge in [-0.2, -0.15) is 0 Å². The van der Waals surface area contributed by atoms with Crippen molar-refractivity contribution in [2.45, 2.75) is 25.7 Å². The molecule has 0 aliphatic rings. The van der Waals surface area contributed by atoms with Gasteiger partial charge in [0.25, 0.3) is 5.91 Å². The lowest BCUT2D eigenvalue weighted by Gasteiger charge is -2.15. The number of benzene rings is 2. The van der Waals surface area contributed by atoms with Crippen molar-refractivity contribution in [2.24, 2.45) is 5.73 Å². The number of H-pyrrole nitrogens is 1. The third-order valence-corrected chi connectivity index (χ3v) is 4.87. The molecule has 0 bridgehead atoms. The van der Waals surface area contributed by atoms with Crippen molar-refractivity contribution < 1.29 is 4.79 Å². The molecular weight excluding hydrogens is 376 g/mol. The Morgan fingerprint density at radius 2 is 1.53 bits per heavy atom. The summed E-state index contributed by atoms with van der Waals surface area (Å²) in [4.78, 5) is 20.6. The van der Waals surface area contributed by atoms with Crippen molar-refractivity contribution in [3.8, 4) is 0 Å². The van der Waals surface area contributed by atoms with Gasteiger partial charge < -0.3 is 21.4 Å². The Bertz CT molecular complexity index is 928. The molecule has 0 saturated heterocycles. The Morgan fingerprint density at radius 1 is 1.00 bits per heavy atom. The maximum absolute atomic E-state index is 12.7. The van der Waals surface area contributed by atoms with Crippen LogP contribution >= 0.6 is 0 Å². The van der Waals surface area contributed by atoms with Crippen molar-refractivity contribution in [1.29, 1.82) is 5.41 Å². The number of carbonyl (C=O) groups is 1. The van der Waals surface area contributed by atoms with E-state index in [2.05, 4.69) is 39.9 Å². The number of aryl methyl sites for hydroxylation is 1.